The molecule has 0 heterocycles. The third kappa shape index (κ3) is 6.14. The summed E-state index contributed by atoms with van der Waals surface area (Å²) in [6.07, 6.45) is -1.31. The van der Waals surface area contributed by atoms with Crippen molar-refractivity contribution in [3.05, 3.63) is 58.6 Å². The molecule has 1 fully saturated rings. The van der Waals surface area contributed by atoms with Crippen molar-refractivity contribution in [1.29, 1.82) is 0 Å². The van der Waals surface area contributed by atoms with E-state index in [9.17, 15) is 4.79 Å². The number of oxime groups is 1. The zero-order valence-electron chi connectivity index (χ0n) is 16.8. The first-order chi connectivity index (χ1) is 14.4. The van der Waals surface area contributed by atoms with Gasteiger partial charge in [0.05, 0.1) is 0 Å². The summed E-state index contributed by atoms with van der Waals surface area (Å²) in [7, 11) is 0. The number of hydrogen-bond acceptors (Lipinski definition) is 6. The van der Waals surface area contributed by atoms with Gasteiger partial charge in [-0.05, 0) is 55.6 Å². The highest BCUT2D eigenvalue weighted by Crippen LogP contribution is 2.46. The van der Waals surface area contributed by atoms with Gasteiger partial charge < -0.3 is 19.4 Å². The van der Waals surface area contributed by atoms with E-state index in [-0.39, 0.29) is 18.5 Å². The van der Waals surface area contributed by atoms with Crippen LogP contribution < -0.4 is 15.9 Å². The number of benzene rings is 2. The molecular formula is C21H24BrN2O4PS. The van der Waals surface area contributed by atoms with Gasteiger partial charge in [-0.1, -0.05) is 58.1 Å². The van der Waals surface area contributed by atoms with Gasteiger partial charge in [0.25, 0.3) is 5.90 Å². The minimum atomic E-state index is -2.66. The number of rotatable bonds is 8. The van der Waals surface area contributed by atoms with Crippen LogP contribution in [-0.2, 0) is 25.9 Å². The number of ether oxygens (including phenoxy) is 1. The second-order valence-electron chi connectivity index (χ2n) is 6.80. The van der Waals surface area contributed by atoms with Crippen LogP contribution in [0, 0.1) is 6.92 Å². The van der Waals surface area contributed by atoms with Crippen molar-refractivity contribution < 1.29 is 18.9 Å². The molecule has 1 aliphatic carbocycles. The van der Waals surface area contributed by atoms with Crippen LogP contribution in [0.2, 0.25) is 0 Å². The quantitative estimate of drug-likeness (QED) is 0.247. The average molecular weight is 511 g/mol. The van der Waals surface area contributed by atoms with E-state index in [0.29, 0.717) is 6.61 Å². The highest BCUT2D eigenvalue weighted by atomic mass is 79.9. The molecule has 160 valence electrons. The van der Waals surface area contributed by atoms with E-state index in [2.05, 4.69) is 26.4 Å². The van der Waals surface area contributed by atoms with Gasteiger partial charge in [-0.25, -0.2) is 4.79 Å². The number of amides is 1. The SMILES string of the molecule is CCON=C(COP(=S)(c1ccccc1)c1ccc(Br)cc1C)OC(=O)NC1CC1. The standard InChI is InChI=1S/C21H24BrN2O4PS/c1-3-26-24-20(28-21(25)23-17-10-11-17)14-27-29(30,18-7-5-4-6-8-18)19-12-9-16(22)13-15(19)2/h4-9,12-13,17H,3,10-11,14H2,1-2H3,(H,23,25). The Morgan fingerprint density at radius 1 is 1.27 bits per heavy atom. The Bertz CT molecular complexity index is 967. The lowest BCUT2D eigenvalue weighted by Crippen LogP contribution is -2.31. The molecule has 1 unspecified atom stereocenters. The molecule has 0 aromatic heterocycles. The fraction of sp³-hybridized carbons (Fsp3) is 0.333. The minimum Gasteiger partial charge on any atom is -0.393 e. The monoisotopic (exact) mass is 510 g/mol. The van der Waals surface area contributed by atoms with Gasteiger partial charge in [0.15, 0.2) is 0 Å². The Hall–Kier alpha value is -1.73. The summed E-state index contributed by atoms with van der Waals surface area (Å²) in [5, 5.41) is 8.51. The summed E-state index contributed by atoms with van der Waals surface area (Å²) in [6, 6.07) is 15.8. The highest BCUT2D eigenvalue weighted by Gasteiger charge is 2.28. The van der Waals surface area contributed by atoms with E-state index < -0.39 is 12.4 Å². The van der Waals surface area contributed by atoms with E-state index in [0.717, 1.165) is 33.5 Å². The van der Waals surface area contributed by atoms with Crippen LogP contribution in [0.25, 0.3) is 0 Å². The van der Waals surface area contributed by atoms with Gasteiger partial charge in [0.1, 0.15) is 19.5 Å². The van der Waals surface area contributed by atoms with Crippen LogP contribution in [0.1, 0.15) is 25.3 Å². The third-order valence-corrected chi connectivity index (χ3v) is 8.99. The van der Waals surface area contributed by atoms with Crippen molar-refractivity contribution >= 4 is 56.6 Å². The van der Waals surface area contributed by atoms with Crippen LogP contribution in [0.15, 0.2) is 58.2 Å². The lowest BCUT2D eigenvalue weighted by molar-refractivity contribution is 0.141. The zero-order valence-corrected chi connectivity index (χ0v) is 20.1. The number of aryl methyl sites for hydroxylation is 1. The van der Waals surface area contributed by atoms with Crippen molar-refractivity contribution in [3.63, 3.8) is 0 Å². The molecule has 1 N–H and O–H groups in total. The maximum atomic E-state index is 12.1. The number of nitrogens with one attached hydrogen (secondary N) is 1. The molecule has 9 heteroatoms. The molecule has 0 aliphatic heterocycles. The van der Waals surface area contributed by atoms with Crippen LogP contribution in [0.4, 0.5) is 4.79 Å². The second-order valence-corrected chi connectivity index (χ2v) is 11.6. The second kappa shape index (κ2) is 10.5. The summed E-state index contributed by atoms with van der Waals surface area (Å²) in [5.74, 6) is 0.0370. The molecule has 0 spiro atoms. The van der Waals surface area contributed by atoms with Crippen molar-refractivity contribution in [3.8, 4) is 0 Å². The maximum Gasteiger partial charge on any atom is 0.414 e. The molecule has 2 aromatic rings. The molecule has 0 radical (unpaired) electrons. The molecule has 3 rings (SSSR count). The molecule has 1 amide bonds. The van der Waals surface area contributed by atoms with Gasteiger partial charge in [-0.2, -0.15) is 0 Å². The molecular weight excluding hydrogens is 487 g/mol. The van der Waals surface area contributed by atoms with Crippen molar-refractivity contribution in [1.82, 2.24) is 5.32 Å². The molecule has 1 saturated carbocycles. The van der Waals surface area contributed by atoms with Gasteiger partial charge in [0.2, 0.25) is 0 Å². The normalized spacial score (nSPS) is 15.9. The summed E-state index contributed by atoms with van der Waals surface area (Å²) >= 11 is 9.61. The first kappa shape index (κ1) is 22.9. The number of carbonyl (C=O) groups excluding carboxylic acids is 1. The minimum absolute atomic E-state index is 0.0370. The first-order valence-corrected chi connectivity index (χ1v) is 13.2. The molecule has 0 saturated heterocycles. The Morgan fingerprint density at radius 2 is 2.00 bits per heavy atom. The number of halogens is 1. The summed E-state index contributed by atoms with van der Waals surface area (Å²) in [6.45, 7) is 4.06. The van der Waals surface area contributed by atoms with Crippen molar-refractivity contribution in [2.24, 2.45) is 5.16 Å². The molecule has 0 bridgehead atoms. The van der Waals surface area contributed by atoms with Crippen molar-refractivity contribution in [2.75, 3.05) is 13.2 Å². The number of carbonyl (C=O) groups is 1. The predicted octanol–water partition coefficient (Wildman–Crippen LogP) is 4.36. The maximum absolute atomic E-state index is 12.1. The van der Waals surface area contributed by atoms with Gasteiger partial charge in [-0.15, -0.1) is 0 Å². The molecule has 30 heavy (non-hydrogen) atoms. The molecule has 6 nitrogen and oxygen atoms in total. The van der Waals surface area contributed by atoms with E-state index in [1.54, 1.807) is 6.92 Å². The topological polar surface area (TPSA) is 69.1 Å². The van der Waals surface area contributed by atoms with E-state index in [4.69, 9.17) is 25.9 Å². The summed E-state index contributed by atoms with van der Waals surface area (Å²) in [5.41, 5.74) is 1.02. The summed E-state index contributed by atoms with van der Waals surface area (Å²) < 4.78 is 12.6. The van der Waals surface area contributed by atoms with Crippen LogP contribution in [-0.4, -0.2) is 31.2 Å². The average Bonchev–Trinajstić information content (AvgIpc) is 3.54. The molecule has 1 aliphatic rings. The Morgan fingerprint density at radius 3 is 2.63 bits per heavy atom. The highest BCUT2D eigenvalue weighted by molar-refractivity contribution is 9.10. The van der Waals surface area contributed by atoms with Gasteiger partial charge in [0, 0.05) is 21.1 Å². The van der Waals surface area contributed by atoms with Crippen molar-refractivity contribution in [2.45, 2.75) is 32.7 Å². The fourth-order valence-electron chi connectivity index (χ4n) is 2.74. The van der Waals surface area contributed by atoms with E-state index in [1.807, 2.05) is 55.5 Å². The van der Waals surface area contributed by atoms with E-state index >= 15 is 0 Å². The number of nitrogens with zero attached hydrogens (tertiary/aromatic N) is 1. The predicted molar refractivity (Wildman–Crippen MR) is 127 cm³/mol. The number of alkyl carbamates (subject to hydrolysis) is 1. The lowest BCUT2D eigenvalue weighted by atomic mass is 10.2. The van der Waals surface area contributed by atoms with Gasteiger partial charge >= 0.3 is 6.09 Å². The lowest BCUT2D eigenvalue weighted by Gasteiger charge is -2.25. The Kier molecular flexibility index (Phi) is 8.06. The smallest absolute Gasteiger partial charge is 0.393 e. The number of hydrogen-bond donors (Lipinski definition) is 1. The summed E-state index contributed by atoms with van der Waals surface area (Å²) in [4.78, 5) is 17.2. The Balaban J connectivity index is 1.86. The van der Waals surface area contributed by atoms with Crippen LogP contribution in [0.5, 0.6) is 0 Å². The van der Waals surface area contributed by atoms with Crippen LogP contribution in [0.3, 0.4) is 0 Å². The third-order valence-electron chi connectivity index (χ3n) is 4.35. The van der Waals surface area contributed by atoms with E-state index in [1.165, 1.54) is 0 Å². The fourth-order valence-corrected chi connectivity index (χ4v) is 6.58. The van der Waals surface area contributed by atoms with Crippen LogP contribution >= 0.6 is 22.2 Å². The zero-order chi connectivity index (χ0) is 21.6. The Labute approximate surface area is 190 Å². The van der Waals surface area contributed by atoms with Gasteiger partial charge in [-0.3, -0.25) is 0 Å². The molecule has 2 aromatic carbocycles. The largest absolute Gasteiger partial charge is 0.414 e. The molecule has 1 atom stereocenters. The first-order valence-electron chi connectivity index (χ1n) is 9.66.